The van der Waals surface area contributed by atoms with Crippen LogP contribution in [0, 0.1) is 11.6 Å². The van der Waals surface area contributed by atoms with Gasteiger partial charge in [0.25, 0.3) is 0 Å². The molecule has 1 aliphatic rings. The monoisotopic (exact) mass is 412 g/mol. The Balaban J connectivity index is 1.69. The molecule has 2 heterocycles. The third-order valence-electron chi connectivity index (χ3n) is 4.98. The fourth-order valence-electron chi connectivity index (χ4n) is 3.60. The van der Waals surface area contributed by atoms with Crippen LogP contribution in [-0.4, -0.2) is 40.5 Å². The van der Waals surface area contributed by atoms with Crippen molar-refractivity contribution in [2.75, 3.05) is 19.0 Å². The van der Waals surface area contributed by atoms with E-state index in [1.54, 1.807) is 12.1 Å². The lowest BCUT2D eigenvalue weighted by molar-refractivity contribution is 0.0601. The van der Waals surface area contributed by atoms with Crippen LogP contribution in [0.25, 0.3) is 0 Å². The van der Waals surface area contributed by atoms with Crippen molar-refractivity contribution in [1.82, 2.24) is 14.9 Å². The lowest BCUT2D eigenvalue weighted by Crippen LogP contribution is -2.43. The highest BCUT2D eigenvalue weighted by atomic mass is 19.1. The first-order valence-corrected chi connectivity index (χ1v) is 9.21. The van der Waals surface area contributed by atoms with Gasteiger partial charge in [-0.1, -0.05) is 12.1 Å². The van der Waals surface area contributed by atoms with Crippen molar-refractivity contribution < 1.29 is 23.1 Å². The van der Waals surface area contributed by atoms with Gasteiger partial charge in [-0.15, -0.1) is 0 Å². The van der Waals surface area contributed by atoms with Gasteiger partial charge in [-0.25, -0.2) is 23.4 Å². The summed E-state index contributed by atoms with van der Waals surface area (Å²) in [5.41, 5.74) is 2.05. The maximum Gasteiger partial charge on any atom is 0.340 e. The summed E-state index contributed by atoms with van der Waals surface area (Å²) in [5, 5.41) is 2.65. The van der Waals surface area contributed by atoms with E-state index in [1.165, 1.54) is 36.5 Å². The average molecular weight is 412 g/mol. The number of urea groups is 1. The molecule has 0 spiro atoms. The van der Waals surface area contributed by atoms with Gasteiger partial charge in [0.2, 0.25) is 0 Å². The number of hydrogen-bond donors (Lipinski definition) is 2. The van der Waals surface area contributed by atoms with E-state index in [2.05, 4.69) is 20.0 Å². The predicted octanol–water partition coefficient (Wildman–Crippen LogP) is 3.65. The molecule has 30 heavy (non-hydrogen) atoms. The molecule has 0 bridgehead atoms. The van der Waals surface area contributed by atoms with Crippen LogP contribution in [0.15, 0.2) is 48.8 Å². The van der Waals surface area contributed by atoms with E-state index in [9.17, 15) is 18.4 Å². The van der Waals surface area contributed by atoms with Crippen LogP contribution in [0.1, 0.15) is 33.4 Å². The van der Waals surface area contributed by atoms with Crippen molar-refractivity contribution >= 4 is 17.7 Å². The molecule has 0 saturated heterocycles. The van der Waals surface area contributed by atoms with E-state index in [0.717, 1.165) is 17.8 Å². The third kappa shape index (κ3) is 3.61. The number of rotatable bonds is 3. The Labute approximate surface area is 170 Å². The molecule has 0 fully saturated rings. The maximum absolute atomic E-state index is 13.9. The number of fused-ring (bicyclic) bond motifs is 1. The molecule has 0 radical (unpaired) electrons. The SMILES string of the molecule is COC(=O)c1cc(F)ccc1NC(=O)N1CCc2[nH]cnc2C1c1cccc(F)c1. The standard InChI is InChI=1S/C21H18F2N4O3/c1-30-20(28)15-10-14(23)5-6-16(15)26-21(29)27-8-7-17-18(25-11-24-17)19(27)12-3-2-4-13(22)9-12/h2-6,9-11,19H,7-8H2,1H3,(H,24,25)(H,26,29). The van der Waals surface area contributed by atoms with Crippen molar-refractivity contribution in [2.24, 2.45) is 0 Å². The van der Waals surface area contributed by atoms with Crippen molar-refractivity contribution in [3.63, 3.8) is 0 Å². The van der Waals surface area contributed by atoms with E-state index in [-0.39, 0.29) is 11.3 Å². The van der Waals surface area contributed by atoms with Crippen LogP contribution in [0.3, 0.4) is 0 Å². The number of esters is 1. The van der Waals surface area contributed by atoms with E-state index in [0.29, 0.717) is 24.2 Å². The van der Waals surface area contributed by atoms with Crippen molar-refractivity contribution in [1.29, 1.82) is 0 Å². The Hall–Kier alpha value is -3.75. The normalized spacial score (nSPS) is 15.4. The van der Waals surface area contributed by atoms with Crippen molar-refractivity contribution in [2.45, 2.75) is 12.5 Å². The third-order valence-corrected chi connectivity index (χ3v) is 4.98. The molecule has 154 valence electrons. The molecular formula is C21H18F2N4O3. The number of aromatic amines is 1. The summed E-state index contributed by atoms with van der Waals surface area (Å²) in [4.78, 5) is 34.0. The highest BCUT2D eigenvalue weighted by molar-refractivity contribution is 6.01. The van der Waals surface area contributed by atoms with Crippen molar-refractivity contribution in [3.05, 3.63) is 82.9 Å². The van der Waals surface area contributed by atoms with Crippen LogP contribution in [0.4, 0.5) is 19.3 Å². The minimum Gasteiger partial charge on any atom is -0.465 e. The number of nitrogens with one attached hydrogen (secondary N) is 2. The van der Waals surface area contributed by atoms with Crippen molar-refractivity contribution in [3.8, 4) is 0 Å². The predicted molar refractivity (Wildman–Crippen MR) is 104 cm³/mol. The summed E-state index contributed by atoms with van der Waals surface area (Å²) in [6, 6.07) is 8.22. The minimum atomic E-state index is -0.778. The van der Waals surface area contributed by atoms with Crippen LogP contribution < -0.4 is 5.32 Å². The molecule has 0 saturated carbocycles. The smallest absolute Gasteiger partial charge is 0.340 e. The molecule has 1 atom stereocenters. The van der Waals surface area contributed by atoms with E-state index >= 15 is 0 Å². The largest absolute Gasteiger partial charge is 0.465 e. The van der Waals surface area contributed by atoms with Gasteiger partial charge in [-0.05, 0) is 35.9 Å². The number of carbonyl (C=O) groups is 2. The molecule has 2 aromatic carbocycles. The molecule has 1 unspecified atom stereocenters. The van der Waals surface area contributed by atoms with Gasteiger partial charge in [-0.2, -0.15) is 0 Å². The van der Waals surface area contributed by atoms with Gasteiger partial charge in [0, 0.05) is 18.7 Å². The average Bonchev–Trinajstić information content (AvgIpc) is 3.22. The lowest BCUT2D eigenvalue weighted by Gasteiger charge is -2.35. The van der Waals surface area contributed by atoms with Crippen LogP contribution in [-0.2, 0) is 11.2 Å². The number of imidazole rings is 1. The number of carbonyl (C=O) groups excluding carboxylic acids is 2. The summed E-state index contributed by atoms with van der Waals surface area (Å²) >= 11 is 0. The van der Waals surface area contributed by atoms with E-state index < -0.39 is 29.7 Å². The fraction of sp³-hybridized carbons (Fsp3) is 0.190. The number of halogens is 2. The Morgan fingerprint density at radius 2 is 2.00 bits per heavy atom. The van der Waals surface area contributed by atoms with Crippen LogP contribution in [0.2, 0.25) is 0 Å². The van der Waals surface area contributed by atoms with Gasteiger partial charge >= 0.3 is 12.0 Å². The first-order chi connectivity index (χ1) is 14.5. The van der Waals surface area contributed by atoms with Crippen LogP contribution >= 0.6 is 0 Å². The number of nitrogens with zero attached hydrogens (tertiary/aromatic N) is 2. The quantitative estimate of drug-likeness (QED) is 0.643. The second-order valence-corrected chi connectivity index (χ2v) is 6.78. The fourth-order valence-corrected chi connectivity index (χ4v) is 3.60. The van der Waals surface area contributed by atoms with Crippen LogP contribution in [0.5, 0.6) is 0 Å². The molecule has 2 amide bonds. The summed E-state index contributed by atoms with van der Waals surface area (Å²) in [6.07, 6.45) is 2.07. The highest BCUT2D eigenvalue weighted by Gasteiger charge is 2.34. The van der Waals surface area contributed by atoms with Gasteiger partial charge < -0.3 is 19.9 Å². The minimum absolute atomic E-state index is 0.106. The summed E-state index contributed by atoms with van der Waals surface area (Å²) in [5.74, 6) is -1.84. The second kappa shape index (κ2) is 7.94. The molecule has 7 nitrogen and oxygen atoms in total. The number of methoxy groups -OCH3 is 1. The van der Waals surface area contributed by atoms with Gasteiger partial charge in [0.15, 0.2) is 0 Å². The molecule has 1 aromatic heterocycles. The van der Waals surface area contributed by atoms with E-state index in [1.807, 2.05) is 0 Å². The number of aromatic nitrogens is 2. The summed E-state index contributed by atoms with van der Waals surface area (Å²) < 4.78 is 32.2. The zero-order chi connectivity index (χ0) is 21.3. The molecule has 1 aliphatic heterocycles. The molecule has 3 aromatic rings. The Morgan fingerprint density at radius 1 is 1.20 bits per heavy atom. The first kappa shape index (κ1) is 19.6. The maximum atomic E-state index is 13.9. The van der Waals surface area contributed by atoms with Gasteiger partial charge in [-0.3, -0.25) is 0 Å². The number of hydrogen-bond acceptors (Lipinski definition) is 4. The number of ether oxygens (including phenoxy) is 1. The number of H-pyrrole nitrogens is 1. The second-order valence-electron chi connectivity index (χ2n) is 6.78. The zero-order valence-corrected chi connectivity index (χ0v) is 16.0. The molecule has 4 rings (SSSR count). The molecule has 2 N–H and O–H groups in total. The number of anilines is 1. The van der Waals surface area contributed by atoms with Gasteiger partial charge in [0.1, 0.15) is 17.7 Å². The summed E-state index contributed by atoms with van der Waals surface area (Å²) in [7, 11) is 1.17. The zero-order valence-electron chi connectivity index (χ0n) is 16.0. The molecular weight excluding hydrogens is 394 g/mol. The Bertz CT molecular complexity index is 1120. The highest BCUT2D eigenvalue weighted by Crippen LogP contribution is 2.34. The molecule has 9 heteroatoms. The summed E-state index contributed by atoms with van der Waals surface area (Å²) in [6.45, 7) is 0.330. The Morgan fingerprint density at radius 3 is 2.77 bits per heavy atom. The Kier molecular flexibility index (Phi) is 5.18. The lowest BCUT2D eigenvalue weighted by atomic mass is 9.96. The van der Waals surface area contributed by atoms with Gasteiger partial charge in [0.05, 0.1) is 30.4 Å². The molecule has 0 aliphatic carbocycles. The number of benzene rings is 2. The first-order valence-electron chi connectivity index (χ1n) is 9.21. The number of amides is 2. The van der Waals surface area contributed by atoms with E-state index in [4.69, 9.17) is 0 Å². The topological polar surface area (TPSA) is 87.3 Å².